The van der Waals surface area contributed by atoms with Crippen molar-refractivity contribution >= 4 is 81.1 Å². The van der Waals surface area contributed by atoms with Crippen molar-refractivity contribution in [3.05, 3.63) is 41.6 Å². The van der Waals surface area contributed by atoms with Gasteiger partial charge >= 0.3 is 0 Å². The van der Waals surface area contributed by atoms with E-state index < -0.39 is 0 Å². The molecule has 0 saturated heterocycles. The fourth-order valence-corrected chi connectivity index (χ4v) is 5.57. The van der Waals surface area contributed by atoms with Gasteiger partial charge in [0.05, 0.1) is 13.5 Å². The van der Waals surface area contributed by atoms with Crippen LogP contribution in [0.4, 0.5) is 0 Å². The summed E-state index contributed by atoms with van der Waals surface area (Å²) < 4.78 is 4.27. The van der Waals surface area contributed by atoms with Crippen molar-refractivity contribution in [2.45, 2.75) is 0 Å². The maximum absolute atomic E-state index is 12.3. The molecule has 0 aliphatic rings. The Bertz CT molecular complexity index is 659. The third kappa shape index (κ3) is 2.17. The molecule has 17 heavy (non-hydrogen) atoms. The third-order valence-corrected chi connectivity index (χ3v) is 7.58. The minimum atomic E-state index is 0.106. The fourth-order valence-electron chi connectivity index (χ4n) is 1.46. The monoisotopic (exact) mass is 406 g/mol. The zero-order valence-electron chi connectivity index (χ0n) is 8.20. The van der Waals surface area contributed by atoms with Crippen molar-refractivity contribution in [1.82, 2.24) is 0 Å². The molecule has 0 aromatic carbocycles. The second kappa shape index (κ2) is 4.59. The Morgan fingerprint density at radius 1 is 1.06 bits per heavy atom. The third-order valence-electron chi connectivity index (χ3n) is 2.23. The van der Waals surface area contributed by atoms with Crippen molar-refractivity contribution in [3.8, 4) is 0 Å². The highest BCUT2D eigenvalue weighted by molar-refractivity contribution is 9.13. The van der Waals surface area contributed by atoms with Gasteiger partial charge in [-0.2, -0.15) is 0 Å². The van der Waals surface area contributed by atoms with Gasteiger partial charge in [0.25, 0.3) is 0 Å². The van der Waals surface area contributed by atoms with E-state index in [1.807, 2.05) is 17.5 Å². The summed E-state index contributed by atoms with van der Waals surface area (Å²) in [5.74, 6) is 0.106. The van der Waals surface area contributed by atoms with Gasteiger partial charge in [-0.3, -0.25) is 4.79 Å². The van der Waals surface area contributed by atoms with E-state index in [9.17, 15) is 4.79 Å². The second-order valence-corrected chi connectivity index (χ2v) is 8.58. The van der Waals surface area contributed by atoms with Gasteiger partial charge in [0, 0.05) is 13.9 Å². The number of halogens is 2. The van der Waals surface area contributed by atoms with E-state index in [-0.39, 0.29) is 5.78 Å². The van der Waals surface area contributed by atoms with E-state index in [1.54, 1.807) is 22.7 Å². The molecule has 0 aliphatic heterocycles. The Labute approximate surface area is 126 Å². The van der Waals surface area contributed by atoms with Crippen LogP contribution in [-0.4, -0.2) is 5.78 Å². The topological polar surface area (TPSA) is 17.1 Å². The van der Waals surface area contributed by atoms with Crippen molar-refractivity contribution in [2.75, 3.05) is 0 Å². The lowest BCUT2D eigenvalue weighted by Crippen LogP contribution is -1.93. The molecule has 0 fully saturated rings. The molecular formula is C11H4Br2OS3. The maximum Gasteiger partial charge on any atom is 0.213 e. The predicted molar refractivity (Wildman–Crippen MR) is 82.9 cm³/mol. The number of hydrogen-bond donors (Lipinski definition) is 0. The number of hydrogen-bond acceptors (Lipinski definition) is 4. The molecule has 0 radical (unpaired) electrons. The van der Waals surface area contributed by atoms with Crippen LogP contribution < -0.4 is 0 Å². The number of carbonyl (C=O) groups excluding carboxylic acids is 1. The highest BCUT2D eigenvalue weighted by atomic mass is 79.9. The molecule has 0 atom stereocenters. The van der Waals surface area contributed by atoms with Crippen molar-refractivity contribution in [2.24, 2.45) is 0 Å². The first-order valence-corrected chi connectivity index (χ1v) is 8.71. The Hall–Kier alpha value is -0.0100. The number of carbonyl (C=O) groups is 1. The smallest absolute Gasteiger partial charge is 0.213 e. The number of rotatable bonds is 2. The first kappa shape index (κ1) is 12.0. The summed E-state index contributed by atoms with van der Waals surface area (Å²) in [6.07, 6.45) is 0. The molecule has 3 rings (SSSR count). The first-order valence-electron chi connectivity index (χ1n) is 4.62. The Kier molecular flexibility index (Phi) is 3.25. The zero-order chi connectivity index (χ0) is 12.0. The molecule has 0 N–H and O–H groups in total. The highest BCUT2D eigenvalue weighted by Gasteiger charge is 2.16. The van der Waals surface area contributed by atoms with Gasteiger partial charge in [-0.15, -0.1) is 34.0 Å². The molecule has 0 amide bonds. The highest BCUT2D eigenvalue weighted by Crippen LogP contribution is 2.36. The van der Waals surface area contributed by atoms with Crippen LogP contribution in [0.3, 0.4) is 0 Å². The van der Waals surface area contributed by atoms with E-state index in [2.05, 4.69) is 37.9 Å². The number of fused-ring (bicyclic) bond motifs is 1. The lowest BCUT2D eigenvalue weighted by molar-refractivity contribution is 0.104. The average Bonchev–Trinajstić information content (AvgIpc) is 2.92. The van der Waals surface area contributed by atoms with Crippen LogP contribution in [0.25, 0.3) is 9.40 Å². The number of ketones is 1. The summed E-state index contributed by atoms with van der Waals surface area (Å²) in [5.41, 5.74) is 0. The SMILES string of the molecule is O=C(c1cc(Br)c(Br)s1)c1cc2sccc2s1. The Morgan fingerprint density at radius 2 is 1.82 bits per heavy atom. The van der Waals surface area contributed by atoms with Gasteiger partial charge in [0.15, 0.2) is 0 Å². The molecule has 0 bridgehead atoms. The molecule has 86 valence electrons. The van der Waals surface area contributed by atoms with Crippen LogP contribution in [0.2, 0.25) is 0 Å². The normalized spacial score (nSPS) is 11.2. The van der Waals surface area contributed by atoms with Crippen LogP contribution in [0.15, 0.2) is 31.8 Å². The molecule has 0 unspecified atom stereocenters. The molecule has 1 nitrogen and oxygen atoms in total. The van der Waals surface area contributed by atoms with Crippen LogP contribution >= 0.6 is 65.9 Å². The summed E-state index contributed by atoms with van der Waals surface area (Å²) in [6, 6.07) is 5.90. The average molecular weight is 408 g/mol. The van der Waals surface area contributed by atoms with E-state index in [4.69, 9.17) is 0 Å². The lowest BCUT2D eigenvalue weighted by atomic mass is 10.3. The van der Waals surface area contributed by atoms with E-state index in [1.165, 1.54) is 20.7 Å². The molecule has 3 heterocycles. The molecule has 0 saturated carbocycles. The minimum absolute atomic E-state index is 0.106. The Balaban J connectivity index is 2.04. The molecule has 3 aromatic rings. The van der Waals surface area contributed by atoms with Gasteiger partial charge in [0.2, 0.25) is 5.78 Å². The van der Waals surface area contributed by atoms with Gasteiger partial charge in [-0.25, -0.2) is 0 Å². The van der Waals surface area contributed by atoms with E-state index in [0.29, 0.717) is 0 Å². The zero-order valence-corrected chi connectivity index (χ0v) is 13.8. The van der Waals surface area contributed by atoms with E-state index >= 15 is 0 Å². The summed E-state index contributed by atoms with van der Waals surface area (Å²) in [4.78, 5) is 13.8. The van der Waals surface area contributed by atoms with Crippen molar-refractivity contribution in [1.29, 1.82) is 0 Å². The molecular weight excluding hydrogens is 404 g/mol. The summed E-state index contributed by atoms with van der Waals surface area (Å²) in [5, 5.41) is 2.05. The van der Waals surface area contributed by atoms with Crippen molar-refractivity contribution in [3.63, 3.8) is 0 Å². The van der Waals surface area contributed by atoms with Crippen LogP contribution in [0.1, 0.15) is 14.5 Å². The Morgan fingerprint density at radius 3 is 2.47 bits per heavy atom. The van der Waals surface area contributed by atoms with E-state index in [0.717, 1.165) is 18.0 Å². The first-order chi connectivity index (χ1) is 8.15. The minimum Gasteiger partial charge on any atom is -0.287 e. The molecule has 6 heteroatoms. The maximum atomic E-state index is 12.3. The lowest BCUT2D eigenvalue weighted by Gasteiger charge is -1.90. The van der Waals surface area contributed by atoms with Gasteiger partial charge in [-0.05, 0) is 55.4 Å². The predicted octanol–water partition coefficient (Wildman–Crippen LogP) is 5.78. The summed E-state index contributed by atoms with van der Waals surface area (Å²) >= 11 is 11.5. The molecule has 0 aliphatic carbocycles. The van der Waals surface area contributed by atoms with Gasteiger partial charge in [0.1, 0.15) is 0 Å². The second-order valence-electron chi connectivity index (χ2n) is 3.32. The number of thiophene rings is 3. The largest absolute Gasteiger partial charge is 0.287 e. The summed E-state index contributed by atoms with van der Waals surface area (Å²) in [7, 11) is 0. The van der Waals surface area contributed by atoms with Gasteiger partial charge in [-0.1, -0.05) is 0 Å². The standard InChI is InChI=1S/C11H4Br2OS3/c12-5-3-8(17-11(5)13)10(14)9-4-7-6(16-9)1-2-15-7/h1-4H. The quantitative estimate of drug-likeness (QED) is 0.492. The fraction of sp³-hybridized carbons (Fsp3) is 0. The summed E-state index contributed by atoms with van der Waals surface area (Å²) in [6.45, 7) is 0. The molecule has 3 aromatic heterocycles. The van der Waals surface area contributed by atoms with Crippen LogP contribution in [0.5, 0.6) is 0 Å². The van der Waals surface area contributed by atoms with Gasteiger partial charge < -0.3 is 0 Å². The van der Waals surface area contributed by atoms with Crippen molar-refractivity contribution < 1.29 is 4.79 Å². The molecule has 0 spiro atoms. The van der Waals surface area contributed by atoms with Crippen LogP contribution in [0, 0.1) is 0 Å². The van der Waals surface area contributed by atoms with Crippen LogP contribution in [-0.2, 0) is 0 Å².